The number of hydrogen-bond donors (Lipinski definition) is 1. The second kappa shape index (κ2) is 6.54. The van der Waals surface area contributed by atoms with Crippen molar-refractivity contribution in [3.63, 3.8) is 0 Å². The zero-order valence-electron chi connectivity index (χ0n) is 10.4. The fraction of sp³-hybridized carbons (Fsp3) is 0.231. The molecular formula is C13H13ClN2O2S. The molecule has 19 heavy (non-hydrogen) atoms. The molecule has 0 aliphatic rings. The van der Waals surface area contributed by atoms with Gasteiger partial charge in [0, 0.05) is 5.38 Å². The number of aryl methyl sites for hydroxylation is 1. The second-order valence-corrected chi connectivity index (χ2v) is 5.01. The number of anilines is 1. The molecule has 6 heteroatoms. The number of nitrogens with zero attached hydrogens (tertiary/aromatic N) is 1. The van der Waals surface area contributed by atoms with Crippen LogP contribution in [0.3, 0.4) is 0 Å². The molecule has 0 unspecified atom stereocenters. The number of carbonyl (C=O) groups excluding carboxylic acids is 1. The lowest BCUT2D eigenvalue weighted by atomic mass is 10.2. The Labute approximate surface area is 120 Å². The Morgan fingerprint density at radius 3 is 2.95 bits per heavy atom. The fourth-order valence-corrected chi connectivity index (χ4v) is 2.40. The van der Waals surface area contributed by atoms with Crippen molar-refractivity contribution in [3.05, 3.63) is 40.9 Å². The van der Waals surface area contributed by atoms with Crippen LogP contribution in [0.1, 0.15) is 11.3 Å². The maximum absolute atomic E-state index is 11.7. The van der Waals surface area contributed by atoms with Crippen molar-refractivity contribution < 1.29 is 9.53 Å². The highest BCUT2D eigenvalue weighted by Gasteiger charge is 2.07. The number of alkyl halides is 1. The SMILES string of the molecule is Cc1ccccc1OCC(=O)Nc1nc(CCl)cs1. The predicted octanol–water partition coefficient (Wildman–Crippen LogP) is 3.21. The number of para-hydroxylation sites is 1. The third-order valence-electron chi connectivity index (χ3n) is 2.39. The van der Waals surface area contributed by atoms with Crippen LogP contribution in [0.4, 0.5) is 5.13 Å². The maximum atomic E-state index is 11.7. The summed E-state index contributed by atoms with van der Waals surface area (Å²) in [6.07, 6.45) is 0. The summed E-state index contributed by atoms with van der Waals surface area (Å²) < 4.78 is 5.44. The lowest BCUT2D eigenvalue weighted by molar-refractivity contribution is -0.118. The Kier molecular flexibility index (Phi) is 4.76. The molecule has 0 saturated heterocycles. The Hall–Kier alpha value is -1.59. The Balaban J connectivity index is 1.86. The third kappa shape index (κ3) is 3.94. The summed E-state index contributed by atoms with van der Waals surface area (Å²) in [7, 11) is 0. The van der Waals surface area contributed by atoms with E-state index in [9.17, 15) is 4.79 Å². The number of benzene rings is 1. The van der Waals surface area contributed by atoms with E-state index in [4.69, 9.17) is 16.3 Å². The minimum Gasteiger partial charge on any atom is -0.483 e. The van der Waals surface area contributed by atoms with Gasteiger partial charge in [-0.15, -0.1) is 22.9 Å². The van der Waals surface area contributed by atoms with Gasteiger partial charge in [0.1, 0.15) is 5.75 Å². The summed E-state index contributed by atoms with van der Waals surface area (Å²) in [6, 6.07) is 7.55. The summed E-state index contributed by atoms with van der Waals surface area (Å²) in [4.78, 5) is 15.8. The third-order valence-corrected chi connectivity index (χ3v) is 3.47. The molecule has 0 aliphatic carbocycles. The number of ether oxygens (including phenoxy) is 1. The Morgan fingerprint density at radius 2 is 2.26 bits per heavy atom. The van der Waals surface area contributed by atoms with E-state index in [1.165, 1.54) is 11.3 Å². The number of halogens is 1. The molecule has 1 aromatic carbocycles. The van der Waals surface area contributed by atoms with Gasteiger partial charge in [0.25, 0.3) is 5.91 Å². The van der Waals surface area contributed by atoms with Crippen molar-refractivity contribution in [1.82, 2.24) is 4.98 Å². The van der Waals surface area contributed by atoms with E-state index in [1.807, 2.05) is 36.6 Å². The van der Waals surface area contributed by atoms with E-state index in [-0.39, 0.29) is 12.5 Å². The molecule has 0 fully saturated rings. The van der Waals surface area contributed by atoms with Gasteiger partial charge < -0.3 is 4.74 Å². The van der Waals surface area contributed by atoms with Crippen molar-refractivity contribution in [2.45, 2.75) is 12.8 Å². The van der Waals surface area contributed by atoms with Crippen LogP contribution < -0.4 is 10.1 Å². The average Bonchev–Trinajstić information content (AvgIpc) is 2.85. The topological polar surface area (TPSA) is 51.2 Å². The van der Waals surface area contributed by atoms with Crippen LogP contribution in [-0.2, 0) is 10.7 Å². The van der Waals surface area contributed by atoms with Gasteiger partial charge in [-0.2, -0.15) is 0 Å². The quantitative estimate of drug-likeness (QED) is 0.862. The van der Waals surface area contributed by atoms with E-state index >= 15 is 0 Å². The van der Waals surface area contributed by atoms with Crippen LogP contribution in [0.2, 0.25) is 0 Å². The van der Waals surface area contributed by atoms with Crippen molar-refractivity contribution in [2.75, 3.05) is 11.9 Å². The molecule has 2 rings (SSSR count). The van der Waals surface area contributed by atoms with Gasteiger partial charge >= 0.3 is 0 Å². The van der Waals surface area contributed by atoms with E-state index in [1.54, 1.807) is 0 Å². The van der Waals surface area contributed by atoms with Gasteiger partial charge in [-0.3, -0.25) is 10.1 Å². The monoisotopic (exact) mass is 296 g/mol. The predicted molar refractivity (Wildman–Crippen MR) is 77.0 cm³/mol. The summed E-state index contributed by atoms with van der Waals surface area (Å²) in [5.41, 5.74) is 1.75. The number of rotatable bonds is 5. The number of thiazole rings is 1. The first kappa shape index (κ1) is 13.8. The highest BCUT2D eigenvalue weighted by molar-refractivity contribution is 7.13. The number of carbonyl (C=O) groups is 1. The molecule has 1 N–H and O–H groups in total. The lowest BCUT2D eigenvalue weighted by Gasteiger charge is -2.07. The first-order valence-corrected chi connectivity index (χ1v) is 7.09. The average molecular weight is 297 g/mol. The standard InChI is InChI=1S/C13H13ClN2O2S/c1-9-4-2-3-5-11(9)18-7-12(17)16-13-15-10(6-14)8-19-13/h2-5,8H,6-7H2,1H3,(H,15,16,17). The minimum atomic E-state index is -0.237. The normalized spacial score (nSPS) is 10.2. The highest BCUT2D eigenvalue weighted by atomic mass is 35.5. The zero-order chi connectivity index (χ0) is 13.7. The number of hydrogen-bond acceptors (Lipinski definition) is 4. The van der Waals surface area contributed by atoms with E-state index in [0.717, 1.165) is 11.3 Å². The first-order chi connectivity index (χ1) is 9.19. The van der Waals surface area contributed by atoms with Crippen LogP contribution in [-0.4, -0.2) is 17.5 Å². The smallest absolute Gasteiger partial charge is 0.264 e. The molecule has 0 aliphatic heterocycles. The minimum absolute atomic E-state index is 0.0410. The number of aromatic nitrogens is 1. The molecular weight excluding hydrogens is 284 g/mol. The molecule has 100 valence electrons. The first-order valence-electron chi connectivity index (χ1n) is 5.67. The van der Waals surface area contributed by atoms with Gasteiger partial charge in [-0.05, 0) is 18.6 Å². The van der Waals surface area contributed by atoms with Gasteiger partial charge in [0.15, 0.2) is 11.7 Å². The van der Waals surface area contributed by atoms with Crippen molar-refractivity contribution in [1.29, 1.82) is 0 Å². The summed E-state index contributed by atoms with van der Waals surface area (Å²) in [5.74, 6) is 0.809. The van der Waals surface area contributed by atoms with Crippen LogP contribution >= 0.6 is 22.9 Å². The molecule has 1 heterocycles. The lowest BCUT2D eigenvalue weighted by Crippen LogP contribution is -2.20. The second-order valence-electron chi connectivity index (χ2n) is 3.88. The summed E-state index contributed by atoms with van der Waals surface area (Å²) >= 11 is 6.99. The molecule has 0 bridgehead atoms. The largest absolute Gasteiger partial charge is 0.483 e. The summed E-state index contributed by atoms with van der Waals surface area (Å²) in [6.45, 7) is 1.89. The van der Waals surface area contributed by atoms with Crippen LogP contribution in [0.5, 0.6) is 5.75 Å². The van der Waals surface area contributed by atoms with Crippen LogP contribution in [0.25, 0.3) is 0 Å². The number of amides is 1. The highest BCUT2D eigenvalue weighted by Crippen LogP contribution is 2.18. The Bertz CT molecular complexity index is 571. The van der Waals surface area contributed by atoms with Crippen molar-refractivity contribution >= 4 is 34.0 Å². The van der Waals surface area contributed by atoms with E-state index < -0.39 is 0 Å². The van der Waals surface area contributed by atoms with Crippen LogP contribution in [0, 0.1) is 6.92 Å². The molecule has 0 saturated carbocycles. The number of nitrogens with one attached hydrogen (secondary N) is 1. The van der Waals surface area contributed by atoms with E-state index in [2.05, 4.69) is 10.3 Å². The van der Waals surface area contributed by atoms with Crippen molar-refractivity contribution in [3.8, 4) is 5.75 Å². The van der Waals surface area contributed by atoms with Gasteiger partial charge in [-0.1, -0.05) is 18.2 Å². The van der Waals surface area contributed by atoms with Gasteiger partial charge in [0.2, 0.25) is 0 Å². The molecule has 2 aromatic rings. The molecule has 0 spiro atoms. The van der Waals surface area contributed by atoms with Crippen LogP contribution in [0.15, 0.2) is 29.6 Å². The molecule has 1 amide bonds. The fourth-order valence-electron chi connectivity index (χ4n) is 1.44. The molecule has 1 aromatic heterocycles. The Morgan fingerprint density at radius 1 is 1.47 bits per heavy atom. The zero-order valence-corrected chi connectivity index (χ0v) is 11.9. The molecule has 0 atom stereocenters. The van der Waals surface area contributed by atoms with Gasteiger partial charge in [0.05, 0.1) is 11.6 Å². The van der Waals surface area contributed by atoms with Crippen molar-refractivity contribution in [2.24, 2.45) is 0 Å². The maximum Gasteiger partial charge on any atom is 0.264 e. The van der Waals surface area contributed by atoms with E-state index in [0.29, 0.717) is 16.8 Å². The molecule has 0 radical (unpaired) electrons. The molecule has 4 nitrogen and oxygen atoms in total. The summed E-state index contributed by atoms with van der Waals surface area (Å²) in [5, 5.41) is 5.02. The van der Waals surface area contributed by atoms with Gasteiger partial charge in [-0.25, -0.2) is 4.98 Å².